The molecule has 0 radical (unpaired) electrons. The van der Waals surface area contributed by atoms with Crippen molar-refractivity contribution in [2.45, 2.75) is 37.5 Å². The molecule has 5 heteroatoms. The SMILES string of the molecule is CNc1ccc(S(=O)(=O)NCC2(C)CCCC2)cc1. The molecule has 0 atom stereocenters. The molecule has 1 aromatic carbocycles. The molecule has 2 N–H and O–H groups in total. The Morgan fingerprint density at radius 2 is 1.74 bits per heavy atom. The average Bonchev–Trinajstić information content (AvgIpc) is 2.84. The molecular formula is C14H22N2O2S. The largest absolute Gasteiger partial charge is 0.388 e. The van der Waals surface area contributed by atoms with Crippen LogP contribution in [0.1, 0.15) is 32.6 Å². The van der Waals surface area contributed by atoms with Crippen molar-refractivity contribution in [3.63, 3.8) is 0 Å². The highest BCUT2D eigenvalue weighted by Gasteiger charge is 2.30. The van der Waals surface area contributed by atoms with E-state index in [4.69, 9.17) is 0 Å². The summed E-state index contributed by atoms with van der Waals surface area (Å²) < 4.78 is 27.1. The molecule has 4 nitrogen and oxygen atoms in total. The van der Waals surface area contributed by atoms with Gasteiger partial charge >= 0.3 is 0 Å². The van der Waals surface area contributed by atoms with Crippen LogP contribution in [-0.4, -0.2) is 22.0 Å². The van der Waals surface area contributed by atoms with Crippen LogP contribution in [0.3, 0.4) is 0 Å². The average molecular weight is 282 g/mol. The maximum absolute atomic E-state index is 12.2. The maximum atomic E-state index is 12.2. The van der Waals surface area contributed by atoms with Gasteiger partial charge in [0, 0.05) is 19.3 Å². The molecule has 1 aliphatic carbocycles. The molecule has 106 valence electrons. The number of sulfonamides is 1. The molecule has 0 bridgehead atoms. The molecule has 1 aliphatic rings. The molecule has 0 aromatic heterocycles. The van der Waals surface area contributed by atoms with Gasteiger partial charge in [-0.3, -0.25) is 0 Å². The van der Waals surface area contributed by atoms with Crippen LogP contribution in [0.5, 0.6) is 0 Å². The van der Waals surface area contributed by atoms with E-state index < -0.39 is 10.0 Å². The van der Waals surface area contributed by atoms with Crippen molar-refractivity contribution >= 4 is 15.7 Å². The summed E-state index contributed by atoms with van der Waals surface area (Å²) in [6.45, 7) is 2.69. The fourth-order valence-corrected chi connectivity index (χ4v) is 3.76. The number of benzene rings is 1. The van der Waals surface area contributed by atoms with E-state index in [2.05, 4.69) is 17.0 Å². The van der Waals surface area contributed by atoms with Gasteiger partial charge in [0.05, 0.1) is 4.90 Å². The van der Waals surface area contributed by atoms with E-state index in [1.165, 1.54) is 12.8 Å². The van der Waals surface area contributed by atoms with Crippen molar-refractivity contribution in [2.75, 3.05) is 18.9 Å². The van der Waals surface area contributed by atoms with Crippen LogP contribution in [-0.2, 0) is 10.0 Å². The summed E-state index contributed by atoms with van der Waals surface area (Å²) in [6, 6.07) is 6.80. The van der Waals surface area contributed by atoms with Gasteiger partial charge in [-0.25, -0.2) is 13.1 Å². The first-order valence-electron chi connectivity index (χ1n) is 6.73. The second-order valence-electron chi connectivity index (χ2n) is 5.62. The van der Waals surface area contributed by atoms with Crippen LogP contribution in [0, 0.1) is 5.41 Å². The van der Waals surface area contributed by atoms with Gasteiger partial charge in [0.2, 0.25) is 10.0 Å². The summed E-state index contributed by atoms with van der Waals surface area (Å²) in [5, 5.41) is 2.97. The number of nitrogens with one attached hydrogen (secondary N) is 2. The summed E-state index contributed by atoms with van der Waals surface area (Å²) in [4.78, 5) is 0.327. The smallest absolute Gasteiger partial charge is 0.240 e. The van der Waals surface area contributed by atoms with Gasteiger partial charge in [-0.05, 0) is 42.5 Å². The Morgan fingerprint density at radius 3 is 2.26 bits per heavy atom. The summed E-state index contributed by atoms with van der Waals surface area (Å²) in [5.74, 6) is 0. The fourth-order valence-electron chi connectivity index (χ4n) is 2.56. The lowest BCUT2D eigenvalue weighted by molar-refractivity contribution is 0.336. The van der Waals surface area contributed by atoms with Crippen molar-refractivity contribution in [1.82, 2.24) is 4.72 Å². The van der Waals surface area contributed by atoms with Crippen LogP contribution in [0.4, 0.5) is 5.69 Å². The van der Waals surface area contributed by atoms with Gasteiger partial charge in [0.1, 0.15) is 0 Å². The second kappa shape index (κ2) is 5.51. The van der Waals surface area contributed by atoms with E-state index in [0.717, 1.165) is 18.5 Å². The lowest BCUT2D eigenvalue weighted by Crippen LogP contribution is -2.34. The minimum Gasteiger partial charge on any atom is -0.388 e. The van der Waals surface area contributed by atoms with Gasteiger partial charge in [-0.15, -0.1) is 0 Å². The molecule has 1 saturated carbocycles. The second-order valence-corrected chi connectivity index (χ2v) is 7.38. The molecule has 0 amide bonds. The first kappa shape index (κ1) is 14.3. The highest BCUT2D eigenvalue weighted by Crippen LogP contribution is 2.36. The highest BCUT2D eigenvalue weighted by atomic mass is 32.2. The van der Waals surface area contributed by atoms with E-state index in [9.17, 15) is 8.42 Å². The van der Waals surface area contributed by atoms with Crippen molar-refractivity contribution < 1.29 is 8.42 Å². The lowest BCUT2D eigenvalue weighted by atomic mass is 9.89. The van der Waals surface area contributed by atoms with E-state index in [1.807, 2.05) is 7.05 Å². The first-order valence-corrected chi connectivity index (χ1v) is 8.21. The molecule has 2 rings (SSSR count). The zero-order chi connectivity index (χ0) is 13.9. The minimum absolute atomic E-state index is 0.123. The monoisotopic (exact) mass is 282 g/mol. The fraction of sp³-hybridized carbons (Fsp3) is 0.571. The molecule has 0 heterocycles. The van der Waals surface area contributed by atoms with Crippen LogP contribution in [0.15, 0.2) is 29.2 Å². The van der Waals surface area contributed by atoms with Crippen LogP contribution < -0.4 is 10.0 Å². The van der Waals surface area contributed by atoms with Crippen molar-refractivity contribution in [1.29, 1.82) is 0 Å². The number of hydrogen-bond donors (Lipinski definition) is 2. The van der Waals surface area contributed by atoms with Gasteiger partial charge in [-0.1, -0.05) is 19.8 Å². The lowest BCUT2D eigenvalue weighted by Gasteiger charge is -2.23. The predicted molar refractivity (Wildman–Crippen MR) is 77.8 cm³/mol. The molecular weight excluding hydrogens is 260 g/mol. The van der Waals surface area contributed by atoms with E-state index in [0.29, 0.717) is 11.4 Å². The van der Waals surface area contributed by atoms with Crippen LogP contribution >= 0.6 is 0 Å². The van der Waals surface area contributed by atoms with Crippen molar-refractivity contribution in [3.8, 4) is 0 Å². The summed E-state index contributed by atoms with van der Waals surface area (Å²) in [6.07, 6.45) is 4.62. The van der Waals surface area contributed by atoms with Gasteiger partial charge in [-0.2, -0.15) is 0 Å². The topological polar surface area (TPSA) is 58.2 Å². The third-order valence-electron chi connectivity index (χ3n) is 3.95. The maximum Gasteiger partial charge on any atom is 0.240 e. The summed E-state index contributed by atoms with van der Waals surface area (Å²) in [5.41, 5.74) is 1.03. The van der Waals surface area contributed by atoms with E-state index >= 15 is 0 Å². The highest BCUT2D eigenvalue weighted by molar-refractivity contribution is 7.89. The van der Waals surface area contributed by atoms with Crippen molar-refractivity contribution in [3.05, 3.63) is 24.3 Å². The molecule has 0 aliphatic heterocycles. The van der Waals surface area contributed by atoms with E-state index in [-0.39, 0.29) is 5.41 Å². The standard InChI is InChI=1S/C14H22N2O2S/c1-14(9-3-4-10-14)11-16-19(17,18)13-7-5-12(15-2)6-8-13/h5-8,15-16H,3-4,9-11H2,1-2H3. The molecule has 0 unspecified atom stereocenters. The van der Waals surface area contributed by atoms with E-state index in [1.54, 1.807) is 24.3 Å². The number of hydrogen-bond acceptors (Lipinski definition) is 3. The van der Waals surface area contributed by atoms with Gasteiger partial charge in [0.25, 0.3) is 0 Å². The molecule has 0 saturated heterocycles. The quantitative estimate of drug-likeness (QED) is 0.872. The summed E-state index contributed by atoms with van der Waals surface area (Å²) >= 11 is 0. The van der Waals surface area contributed by atoms with Crippen LogP contribution in [0.2, 0.25) is 0 Å². The van der Waals surface area contributed by atoms with Crippen LogP contribution in [0.25, 0.3) is 0 Å². The predicted octanol–water partition coefficient (Wildman–Crippen LogP) is 2.59. The molecule has 1 fully saturated rings. The minimum atomic E-state index is -3.39. The molecule has 19 heavy (non-hydrogen) atoms. The first-order chi connectivity index (χ1) is 8.95. The summed E-state index contributed by atoms with van der Waals surface area (Å²) in [7, 11) is -1.58. The third kappa shape index (κ3) is 3.48. The van der Waals surface area contributed by atoms with Crippen molar-refractivity contribution in [2.24, 2.45) is 5.41 Å². The molecule has 1 aromatic rings. The third-order valence-corrected chi connectivity index (χ3v) is 5.37. The Balaban J connectivity index is 2.05. The number of rotatable bonds is 5. The Hall–Kier alpha value is -1.07. The number of anilines is 1. The van der Waals surface area contributed by atoms with Gasteiger partial charge < -0.3 is 5.32 Å². The normalized spacial score (nSPS) is 18.4. The Bertz CT molecular complexity index is 517. The zero-order valence-corrected chi connectivity index (χ0v) is 12.4. The zero-order valence-electron chi connectivity index (χ0n) is 11.6. The molecule has 0 spiro atoms. The Kier molecular flexibility index (Phi) is 4.16. The Labute approximate surface area is 115 Å². The Morgan fingerprint density at radius 1 is 1.16 bits per heavy atom. The van der Waals surface area contributed by atoms with Gasteiger partial charge in [0.15, 0.2) is 0 Å².